The predicted molar refractivity (Wildman–Crippen MR) is 106 cm³/mol. The van der Waals surface area contributed by atoms with Crippen molar-refractivity contribution >= 4 is 12.1 Å². The van der Waals surface area contributed by atoms with E-state index < -0.39 is 0 Å². The lowest BCUT2D eigenvalue weighted by atomic mass is 10.0. The van der Waals surface area contributed by atoms with Crippen LogP contribution in [0, 0.1) is 6.92 Å². The van der Waals surface area contributed by atoms with Crippen LogP contribution in [0.15, 0.2) is 41.5 Å². The van der Waals surface area contributed by atoms with Crippen LogP contribution in [0.5, 0.6) is 17.2 Å². The third kappa shape index (κ3) is 5.74. The largest absolute Gasteiger partial charge is 0.497 e. The molecule has 2 rings (SSSR count). The number of amides is 1. The molecular formula is C21H26N2O4. The molecule has 27 heavy (non-hydrogen) atoms. The zero-order valence-electron chi connectivity index (χ0n) is 16.4. The van der Waals surface area contributed by atoms with E-state index in [4.69, 9.17) is 14.2 Å². The summed E-state index contributed by atoms with van der Waals surface area (Å²) in [5.74, 6) is 1.98. The Labute approximate surface area is 160 Å². The highest BCUT2D eigenvalue weighted by atomic mass is 16.5. The monoisotopic (exact) mass is 370 g/mol. The summed E-state index contributed by atoms with van der Waals surface area (Å²) in [6.07, 6.45) is 1.52. The number of aryl methyl sites for hydroxylation is 1. The SMILES string of the molecule is COc1ccc(/C=N/NC(=O)COc2cc(C)ccc2C(C)C)c(OC)c1. The minimum atomic E-state index is -0.338. The molecule has 0 saturated heterocycles. The van der Waals surface area contributed by atoms with Crippen LogP contribution in [0.25, 0.3) is 0 Å². The third-order valence-corrected chi connectivity index (χ3v) is 3.98. The van der Waals surface area contributed by atoms with Gasteiger partial charge in [-0.3, -0.25) is 4.79 Å². The molecule has 6 nitrogen and oxygen atoms in total. The van der Waals surface area contributed by atoms with Crippen LogP contribution in [0.4, 0.5) is 0 Å². The van der Waals surface area contributed by atoms with Gasteiger partial charge in [0.15, 0.2) is 6.61 Å². The number of hydrazone groups is 1. The van der Waals surface area contributed by atoms with Crippen molar-refractivity contribution in [1.29, 1.82) is 0 Å². The van der Waals surface area contributed by atoms with Gasteiger partial charge in [0.1, 0.15) is 17.2 Å². The fraction of sp³-hybridized carbons (Fsp3) is 0.333. The van der Waals surface area contributed by atoms with Crippen LogP contribution >= 0.6 is 0 Å². The fourth-order valence-corrected chi connectivity index (χ4v) is 2.52. The molecule has 0 fully saturated rings. The van der Waals surface area contributed by atoms with Crippen molar-refractivity contribution in [3.8, 4) is 17.2 Å². The smallest absolute Gasteiger partial charge is 0.277 e. The second-order valence-corrected chi connectivity index (χ2v) is 6.39. The first-order chi connectivity index (χ1) is 12.9. The Bertz CT molecular complexity index is 816. The number of nitrogens with zero attached hydrogens (tertiary/aromatic N) is 1. The first-order valence-electron chi connectivity index (χ1n) is 8.72. The van der Waals surface area contributed by atoms with Gasteiger partial charge in [-0.15, -0.1) is 0 Å². The van der Waals surface area contributed by atoms with Gasteiger partial charge in [-0.05, 0) is 42.2 Å². The molecular weight excluding hydrogens is 344 g/mol. The molecule has 0 atom stereocenters. The molecule has 0 aromatic heterocycles. The maximum Gasteiger partial charge on any atom is 0.277 e. The van der Waals surface area contributed by atoms with Gasteiger partial charge >= 0.3 is 0 Å². The molecule has 0 aliphatic heterocycles. The second kappa shape index (κ2) is 9.62. The molecule has 1 N–H and O–H groups in total. The van der Waals surface area contributed by atoms with E-state index in [9.17, 15) is 4.79 Å². The van der Waals surface area contributed by atoms with Crippen LogP contribution in [-0.4, -0.2) is 32.9 Å². The van der Waals surface area contributed by atoms with Gasteiger partial charge in [0.2, 0.25) is 0 Å². The molecule has 0 spiro atoms. The minimum absolute atomic E-state index is 0.111. The molecule has 2 aromatic rings. The molecule has 0 aliphatic rings. The minimum Gasteiger partial charge on any atom is -0.497 e. The number of methoxy groups -OCH3 is 2. The van der Waals surface area contributed by atoms with Gasteiger partial charge in [-0.2, -0.15) is 5.10 Å². The van der Waals surface area contributed by atoms with Crippen molar-refractivity contribution in [2.45, 2.75) is 26.7 Å². The molecule has 0 radical (unpaired) electrons. The molecule has 144 valence electrons. The number of ether oxygens (including phenoxy) is 3. The van der Waals surface area contributed by atoms with Gasteiger partial charge in [0.25, 0.3) is 5.91 Å². The Morgan fingerprint density at radius 2 is 1.89 bits per heavy atom. The lowest BCUT2D eigenvalue weighted by Crippen LogP contribution is -2.25. The van der Waals surface area contributed by atoms with Crippen LogP contribution in [0.1, 0.15) is 36.5 Å². The molecule has 0 aliphatic carbocycles. The van der Waals surface area contributed by atoms with Crippen LogP contribution in [0.2, 0.25) is 0 Å². The molecule has 6 heteroatoms. The Hall–Kier alpha value is -3.02. The van der Waals surface area contributed by atoms with E-state index in [1.165, 1.54) is 6.21 Å². The average molecular weight is 370 g/mol. The van der Waals surface area contributed by atoms with Crippen molar-refractivity contribution in [2.75, 3.05) is 20.8 Å². The maximum absolute atomic E-state index is 12.0. The average Bonchev–Trinajstić information content (AvgIpc) is 2.66. The van der Waals surface area contributed by atoms with E-state index in [1.54, 1.807) is 32.4 Å². The molecule has 2 aromatic carbocycles. The lowest BCUT2D eigenvalue weighted by molar-refractivity contribution is -0.123. The maximum atomic E-state index is 12.0. The van der Waals surface area contributed by atoms with Gasteiger partial charge in [-0.25, -0.2) is 5.43 Å². The molecule has 0 bridgehead atoms. The summed E-state index contributed by atoms with van der Waals surface area (Å²) in [6.45, 7) is 6.05. The summed E-state index contributed by atoms with van der Waals surface area (Å²) in [5, 5.41) is 3.97. The number of carbonyl (C=O) groups excluding carboxylic acids is 1. The number of benzene rings is 2. The van der Waals surface area contributed by atoms with Crippen molar-refractivity contribution in [2.24, 2.45) is 5.10 Å². The Morgan fingerprint density at radius 3 is 2.56 bits per heavy atom. The summed E-state index contributed by atoms with van der Waals surface area (Å²) in [5.41, 5.74) is 5.34. The van der Waals surface area contributed by atoms with E-state index in [2.05, 4.69) is 24.4 Å². The highest BCUT2D eigenvalue weighted by Gasteiger charge is 2.10. The topological polar surface area (TPSA) is 69.2 Å². The Balaban J connectivity index is 1.95. The summed E-state index contributed by atoms with van der Waals surface area (Å²) in [4.78, 5) is 12.0. The highest BCUT2D eigenvalue weighted by Crippen LogP contribution is 2.27. The van der Waals surface area contributed by atoms with Crippen molar-refractivity contribution in [3.05, 3.63) is 53.1 Å². The van der Waals surface area contributed by atoms with E-state index in [1.807, 2.05) is 25.1 Å². The Morgan fingerprint density at radius 1 is 1.11 bits per heavy atom. The summed E-state index contributed by atoms with van der Waals surface area (Å²) >= 11 is 0. The third-order valence-electron chi connectivity index (χ3n) is 3.98. The van der Waals surface area contributed by atoms with Crippen molar-refractivity contribution in [1.82, 2.24) is 5.43 Å². The first kappa shape index (κ1) is 20.3. The number of nitrogens with one attached hydrogen (secondary N) is 1. The first-order valence-corrected chi connectivity index (χ1v) is 8.72. The normalized spacial score (nSPS) is 10.9. The van der Waals surface area contributed by atoms with E-state index in [0.29, 0.717) is 17.4 Å². The standard InChI is InChI=1S/C21H26N2O4/c1-14(2)18-9-6-15(3)10-20(18)27-13-21(24)23-22-12-16-7-8-17(25-4)11-19(16)26-5/h6-12,14H,13H2,1-5H3,(H,23,24)/b22-12+. The zero-order valence-corrected chi connectivity index (χ0v) is 16.4. The van der Waals surface area contributed by atoms with Gasteiger partial charge in [0, 0.05) is 11.6 Å². The van der Waals surface area contributed by atoms with E-state index in [0.717, 1.165) is 22.4 Å². The van der Waals surface area contributed by atoms with Crippen LogP contribution in [-0.2, 0) is 4.79 Å². The van der Waals surface area contributed by atoms with Gasteiger partial charge in [0.05, 0.1) is 20.4 Å². The number of hydrogen-bond acceptors (Lipinski definition) is 5. The van der Waals surface area contributed by atoms with Crippen LogP contribution in [0.3, 0.4) is 0 Å². The summed E-state index contributed by atoms with van der Waals surface area (Å²) < 4.78 is 16.1. The van der Waals surface area contributed by atoms with E-state index in [-0.39, 0.29) is 12.5 Å². The fourth-order valence-electron chi connectivity index (χ4n) is 2.52. The predicted octanol–water partition coefficient (Wildman–Crippen LogP) is 3.66. The van der Waals surface area contributed by atoms with E-state index >= 15 is 0 Å². The second-order valence-electron chi connectivity index (χ2n) is 6.39. The zero-order chi connectivity index (χ0) is 19.8. The molecule has 0 heterocycles. The summed E-state index contributed by atoms with van der Waals surface area (Å²) in [6, 6.07) is 11.3. The number of rotatable bonds is 8. The quantitative estimate of drug-likeness (QED) is 0.569. The van der Waals surface area contributed by atoms with Gasteiger partial charge in [-0.1, -0.05) is 26.0 Å². The number of carbonyl (C=O) groups is 1. The molecule has 0 unspecified atom stereocenters. The Kier molecular flexibility index (Phi) is 7.23. The van der Waals surface area contributed by atoms with Gasteiger partial charge < -0.3 is 14.2 Å². The highest BCUT2D eigenvalue weighted by molar-refractivity contribution is 5.85. The molecule has 1 amide bonds. The van der Waals surface area contributed by atoms with Crippen LogP contribution < -0.4 is 19.6 Å². The lowest BCUT2D eigenvalue weighted by Gasteiger charge is -2.14. The summed E-state index contributed by atoms with van der Waals surface area (Å²) in [7, 11) is 3.15. The van der Waals surface area contributed by atoms with Crippen molar-refractivity contribution < 1.29 is 19.0 Å². The molecule has 0 saturated carbocycles. The number of hydrogen-bond donors (Lipinski definition) is 1. The van der Waals surface area contributed by atoms with Crippen molar-refractivity contribution in [3.63, 3.8) is 0 Å².